The van der Waals surface area contributed by atoms with Crippen molar-refractivity contribution in [3.8, 4) is 0 Å². The molecule has 1 aromatic rings. The molecule has 1 aliphatic heterocycles. The van der Waals surface area contributed by atoms with E-state index in [4.69, 9.17) is 5.73 Å². The van der Waals surface area contributed by atoms with Gasteiger partial charge >= 0.3 is 0 Å². The number of likely N-dealkylation sites (N-methyl/N-ethyl adjacent to an activating group) is 1. The van der Waals surface area contributed by atoms with Gasteiger partial charge in [-0.05, 0) is 37.5 Å². The number of hydrogen-bond acceptors (Lipinski definition) is 3. The number of hydrogen-bond donors (Lipinski definition) is 2. The van der Waals surface area contributed by atoms with Crippen molar-refractivity contribution in [2.75, 3.05) is 19.3 Å². The van der Waals surface area contributed by atoms with Crippen molar-refractivity contribution in [2.45, 2.75) is 32.7 Å². The number of rotatable bonds is 2. The molecule has 1 saturated heterocycles. The maximum atomic E-state index is 12.3. The Kier molecular flexibility index (Phi) is 3.97. The molecule has 1 atom stereocenters. The van der Waals surface area contributed by atoms with Crippen LogP contribution in [0.3, 0.4) is 0 Å². The minimum Gasteiger partial charge on any atom is -0.398 e. The number of likely N-dealkylation sites (tertiary alicyclic amines) is 1. The van der Waals surface area contributed by atoms with E-state index in [0.717, 1.165) is 11.1 Å². The van der Waals surface area contributed by atoms with Crippen molar-refractivity contribution in [3.63, 3.8) is 0 Å². The van der Waals surface area contributed by atoms with Crippen LogP contribution >= 0.6 is 0 Å². The molecule has 108 valence electrons. The van der Waals surface area contributed by atoms with Crippen molar-refractivity contribution in [3.05, 3.63) is 28.8 Å². The van der Waals surface area contributed by atoms with Crippen LogP contribution in [0.15, 0.2) is 12.1 Å². The number of nitrogens with one attached hydrogen (secondary N) is 1. The fraction of sp³-hybridized carbons (Fsp3) is 0.467. The number of carbonyl (C=O) groups is 2. The Morgan fingerprint density at radius 2 is 2.05 bits per heavy atom. The summed E-state index contributed by atoms with van der Waals surface area (Å²) < 4.78 is 0. The van der Waals surface area contributed by atoms with E-state index in [1.54, 1.807) is 18.0 Å². The highest BCUT2D eigenvalue weighted by Gasteiger charge is 2.24. The Morgan fingerprint density at radius 1 is 1.35 bits per heavy atom. The third-order valence-electron chi connectivity index (χ3n) is 3.82. The second kappa shape index (κ2) is 5.53. The van der Waals surface area contributed by atoms with Crippen LogP contribution in [-0.4, -0.2) is 36.3 Å². The number of aryl methyl sites for hydroxylation is 2. The quantitative estimate of drug-likeness (QED) is 0.797. The van der Waals surface area contributed by atoms with Gasteiger partial charge in [0.1, 0.15) is 0 Å². The lowest BCUT2D eigenvalue weighted by Crippen LogP contribution is -2.48. The minimum absolute atomic E-state index is 0.00660. The van der Waals surface area contributed by atoms with Crippen LogP contribution in [0.5, 0.6) is 0 Å². The molecule has 0 radical (unpaired) electrons. The zero-order valence-corrected chi connectivity index (χ0v) is 12.2. The standard InChI is InChI=1S/C15H21N3O2/c1-9-6-10(2)13(16)7-12(9)15(20)17-11-4-5-14(19)18(3)8-11/h6-7,11H,4-5,8,16H2,1-3H3,(H,17,20). The smallest absolute Gasteiger partial charge is 0.251 e. The number of nitrogens with two attached hydrogens (primary N) is 1. The Morgan fingerprint density at radius 3 is 2.70 bits per heavy atom. The Hall–Kier alpha value is -2.04. The summed E-state index contributed by atoms with van der Waals surface area (Å²) in [5, 5.41) is 2.99. The van der Waals surface area contributed by atoms with Gasteiger partial charge in [-0.3, -0.25) is 9.59 Å². The van der Waals surface area contributed by atoms with Crippen molar-refractivity contribution >= 4 is 17.5 Å². The lowest BCUT2D eigenvalue weighted by molar-refractivity contribution is -0.132. The molecule has 1 unspecified atom stereocenters. The van der Waals surface area contributed by atoms with Crippen LogP contribution in [0.2, 0.25) is 0 Å². The first-order chi connectivity index (χ1) is 9.38. The van der Waals surface area contributed by atoms with Gasteiger partial charge in [0.2, 0.25) is 5.91 Å². The topological polar surface area (TPSA) is 75.4 Å². The molecule has 0 saturated carbocycles. The SMILES string of the molecule is Cc1cc(C)c(C(=O)NC2CCC(=O)N(C)C2)cc1N. The number of carbonyl (C=O) groups excluding carboxylic acids is 2. The summed E-state index contributed by atoms with van der Waals surface area (Å²) in [7, 11) is 1.76. The highest BCUT2D eigenvalue weighted by atomic mass is 16.2. The minimum atomic E-state index is -0.123. The van der Waals surface area contributed by atoms with Crippen LogP contribution in [0.1, 0.15) is 34.3 Å². The molecule has 0 aromatic heterocycles. The van der Waals surface area contributed by atoms with Crippen molar-refractivity contribution < 1.29 is 9.59 Å². The summed E-state index contributed by atoms with van der Waals surface area (Å²) in [6.45, 7) is 4.38. The molecule has 1 fully saturated rings. The predicted molar refractivity (Wildman–Crippen MR) is 78.5 cm³/mol. The Labute approximate surface area is 119 Å². The first-order valence-corrected chi connectivity index (χ1v) is 6.80. The van der Waals surface area contributed by atoms with E-state index in [1.165, 1.54) is 0 Å². The molecule has 5 nitrogen and oxygen atoms in total. The number of benzene rings is 1. The Balaban J connectivity index is 2.09. The monoisotopic (exact) mass is 275 g/mol. The van der Waals surface area contributed by atoms with Crippen molar-refractivity contribution in [1.29, 1.82) is 0 Å². The van der Waals surface area contributed by atoms with Gasteiger partial charge in [0.15, 0.2) is 0 Å². The summed E-state index contributed by atoms with van der Waals surface area (Å²) in [5.41, 5.74) is 8.98. The van der Waals surface area contributed by atoms with E-state index in [9.17, 15) is 9.59 Å². The average Bonchev–Trinajstić information content (AvgIpc) is 2.38. The normalized spacial score (nSPS) is 19.1. The molecule has 2 rings (SSSR count). The molecule has 5 heteroatoms. The van der Waals surface area contributed by atoms with E-state index in [0.29, 0.717) is 30.6 Å². The lowest BCUT2D eigenvalue weighted by atomic mass is 10.0. The van der Waals surface area contributed by atoms with Gasteiger partial charge in [-0.15, -0.1) is 0 Å². The fourth-order valence-corrected chi connectivity index (χ4v) is 2.51. The number of amides is 2. The zero-order chi connectivity index (χ0) is 14.9. The van der Waals surface area contributed by atoms with E-state index in [1.807, 2.05) is 19.9 Å². The van der Waals surface area contributed by atoms with Gasteiger partial charge in [0, 0.05) is 37.3 Å². The second-order valence-electron chi connectivity index (χ2n) is 5.51. The first kappa shape index (κ1) is 14.4. The number of nitrogens with zero attached hydrogens (tertiary/aromatic N) is 1. The van der Waals surface area contributed by atoms with Crippen LogP contribution in [0.4, 0.5) is 5.69 Å². The summed E-state index contributed by atoms with van der Waals surface area (Å²) in [6.07, 6.45) is 1.17. The molecule has 1 heterocycles. The molecule has 2 amide bonds. The van der Waals surface area contributed by atoms with Gasteiger partial charge in [0.25, 0.3) is 5.91 Å². The molecule has 20 heavy (non-hydrogen) atoms. The largest absolute Gasteiger partial charge is 0.398 e. The van der Waals surface area contributed by atoms with Crippen LogP contribution in [0.25, 0.3) is 0 Å². The van der Waals surface area contributed by atoms with Crippen LogP contribution in [0, 0.1) is 13.8 Å². The predicted octanol–water partition coefficient (Wildman–Crippen LogP) is 1.24. The highest BCUT2D eigenvalue weighted by molar-refractivity contribution is 5.97. The molecular weight excluding hydrogens is 254 g/mol. The Bertz CT molecular complexity index is 554. The van der Waals surface area contributed by atoms with Crippen molar-refractivity contribution in [2.24, 2.45) is 0 Å². The molecule has 0 spiro atoms. The molecule has 0 aliphatic carbocycles. The van der Waals surface area contributed by atoms with Crippen LogP contribution < -0.4 is 11.1 Å². The van der Waals surface area contributed by atoms with E-state index >= 15 is 0 Å². The zero-order valence-electron chi connectivity index (χ0n) is 12.2. The second-order valence-corrected chi connectivity index (χ2v) is 5.51. The molecule has 0 bridgehead atoms. The fourth-order valence-electron chi connectivity index (χ4n) is 2.51. The summed E-state index contributed by atoms with van der Waals surface area (Å²) in [5.74, 6) is 0.00760. The van der Waals surface area contributed by atoms with Gasteiger partial charge in [-0.25, -0.2) is 0 Å². The van der Waals surface area contributed by atoms with Crippen molar-refractivity contribution in [1.82, 2.24) is 10.2 Å². The third-order valence-corrected chi connectivity index (χ3v) is 3.82. The van der Waals surface area contributed by atoms with Gasteiger partial charge in [0.05, 0.1) is 0 Å². The van der Waals surface area contributed by atoms with E-state index in [2.05, 4.69) is 5.32 Å². The molecular formula is C15H21N3O2. The van der Waals surface area contributed by atoms with Crippen LogP contribution in [-0.2, 0) is 4.79 Å². The van der Waals surface area contributed by atoms with Gasteiger partial charge in [-0.2, -0.15) is 0 Å². The van der Waals surface area contributed by atoms with E-state index in [-0.39, 0.29) is 17.9 Å². The third kappa shape index (κ3) is 2.92. The lowest BCUT2D eigenvalue weighted by Gasteiger charge is -2.30. The van der Waals surface area contributed by atoms with E-state index < -0.39 is 0 Å². The number of piperidine rings is 1. The molecule has 3 N–H and O–H groups in total. The number of anilines is 1. The highest BCUT2D eigenvalue weighted by Crippen LogP contribution is 2.18. The summed E-state index contributed by atoms with van der Waals surface area (Å²) in [6, 6.07) is 3.64. The summed E-state index contributed by atoms with van der Waals surface area (Å²) >= 11 is 0. The maximum Gasteiger partial charge on any atom is 0.251 e. The first-order valence-electron chi connectivity index (χ1n) is 6.80. The van der Waals surface area contributed by atoms with Gasteiger partial charge < -0.3 is 16.0 Å². The molecule has 1 aliphatic rings. The summed E-state index contributed by atoms with van der Waals surface area (Å²) in [4.78, 5) is 25.4. The van der Waals surface area contributed by atoms with Gasteiger partial charge in [-0.1, -0.05) is 6.07 Å². The number of nitrogen functional groups attached to an aromatic ring is 1. The average molecular weight is 275 g/mol. The molecule has 1 aromatic carbocycles. The maximum absolute atomic E-state index is 12.3.